The lowest BCUT2D eigenvalue weighted by Gasteiger charge is -2.00. The zero-order valence-corrected chi connectivity index (χ0v) is 10.8. The fraction of sp³-hybridized carbons (Fsp3) is 0.250. The van der Waals surface area contributed by atoms with Gasteiger partial charge in [-0.1, -0.05) is 6.07 Å². The Hall–Kier alpha value is -1.17. The van der Waals surface area contributed by atoms with E-state index in [2.05, 4.69) is 22.8 Å². The van der Waals surface area contributed by atoms with Crippen LogP contribution in [0, 0.1) is 0 Å². The quantitative estimate of drug-likeness (QED) is 0.791. The average Bonchev–Trinajstić information content (AvgIpc) is 2.96. The molecule has 0 aliphatic carbocycles. The number of thiophene rings is 2. The Morgan fingerprint density at radius 1 is 1.35 bits per heavy atom. The van der Waals surface area contributed by atoms with E-state index in [1.54, 1.807) is 22.8 Å². The molecular formula is C12H13NO2S2. The third kappa shape index (κ3) is 3.66. The van der Waals surface area contributed by atoms with E-state index < -0.39 is 5.97 Å². The highest BCUT2D eigenvalue weighted by Gasteiger charge is 2.05. The van der Waals surface area contributed by atoms with Gasteiger partial charge < -0.3 is 10.4 Å². The van der Waals surface area contributed by atoms with Crippen LogP contribution in [0.3, 0.4) is 0 Å². The van der Waals surface area contributed by atoms with Gasteiger partial charge in [0.1, 0.15) is 0 Å². The minimum absolute atomic E-state index is 0.380. The fourth-order valence-electron chi connectivity index (χ4n) is 1.46. The van der Waals surface area contributed by atoms with Gasteiger partial charge in [-0.05, 0) is 23.9 Å². The normalized spacial score (nSPS) is 10.6. The molecule has 2 aromatic heterocycles. The zero-order chi connectivity index (χ0) is 12.1. The van der Waals surface area contributed by atoms with Gasteiger partial charge in [-0.25, -0.2) is 4.79 Å². The van der Waals surface area contributed by atoms with Gasteiger partial charge in [0.25, 0.3) is 0 Å². The number of carboxylic acids is 1. The van der Waals surface area contributed by atoms with E-state index >= 15 is 0 Å². The first-order chi connectivity index (χ1) is 8.25. The van der Waals surface area contributed by atoms with Crippen molar-refractivity contribution in [2.45, 2.75) is 13.0 Å². The number of nitrogens with one attached hydrogen (secondary N) is 1. The molecule has 0 aromatic carbocycles. The van der Waals surface area contributed by atoms with Crippen molar-refractivity contribution in [2.24, 2.45) is 0 Å². The number of aromatic carboxylic acids is 1. The van der Waals surface area contributed by atoms with Crippen LogP contribution >= 0.6 is 22.7 Å². The standard InChI is InChI=1S/C12H13NO2S2/c14-12(15)9-6-11(17-8-9)7-13-4-3-10-2-1-5-16-10/h1-2,5-6,8,13H,3-4,7H2,(H,14,15). The zero-order valence-electron chi connectivity index (χ0n) is 9.18. The molecule has 0 atom stereocenters. The van der Waals surface area contributed by atoms with Crippen molar-refractivity contribution in [1.29, 1.82) is 0 Å². The molecule has 2 aromatic rings. The van der Waals surface area contributed by atoms with Gasteiger partial charge in [-0.2, -0.15) is 0 Å². The second kappa shape index (κ2) is 5.95. The highest BCUT2D eigenvalue weighted by molar-refractivity contribution is 7.10. The Kier molecular flexibility index (Phi) is 4.30. The summed E-state index contributed by atoms with van der Waals surface area (Å²) < 4.78 is 0. The topological polar surface area (TPSA) is 49.3 Å². The van der Waals surface area contributed by atoms with Crippen molar-refractivity contribution < 1.29 is 9.90 Å². The molecule has 0 unspecified atom stereocenters. The van der Waals surface area contributed by atoms with Gasteiger partial charge >= 0.3 is 5.97 Å². The van der Waals surface area contributed by atoms with Crippen molar-refractivity contribution in [2.75, 3.05) is 6.54 Å². The minimum atomic E-state index is -0.855. The molecule has 2 N–H and O–H groups in total. The van der Waals surface area contributed by atoms with Gasteiger partial charge in [0.15, 0.2) is 0 Å². The molecule has 2 heterocycles. The second-order valence-corrected chi connectivity index (χ2v) is 5.64. The largest absolute Gasteiger partial charge is 0.478 e. The predicted octanol–water partition coefficient (Wildman–Crippen LogP) is 2.84. The van der Waals surface area contributed by atoms with Crippen LogP contribution in [-0.2, 0) is 13.0 Å². The number of carbonyl (C=O) groups is 1. The van der Waals surface area contributed by atoms with Crippen LogP contribution in [0.5, 0.6) is 0 Å². The second-order valence-electron chi connectivity index (χ2n) is 3.61. The molecule has 0 saturated heterocycles. The summed E-state index contributed by atoms with van der Waals surface area (Å²) in [6, 6.07) is 5.91. The van der Waals surface area contributed by atoms with E-state index in [1.165, 1.54) is 16.2 Å². The fourth-order valence-corrected chi connectivity index (χ4v) is 3.00. The maximum absolute atomic E-state index is 10.7. The van der Waals surface area contributed by atoms with E-state index in [-0.39, 0.29) is 0 Å². The van der Waals surface area contributed by atoms with Crippen molar-refractivity contribution in [1.82, 2.24) is 5.32 Å². The van der Waals surface area contributed by atoms with Crippen LogP contribution in [0.1, 0.15) is 20.1 Å². The van der Waals surface area contributed by atoms with Gasteiger partial charge in [0, 0.05) is 28.2 Å². The van der Waals surface area contributed by atoms with Crippen molar-refractivity contribution >= 4 is 28.6 Å². The summed E-state index contributed by atoms with van der Waals surface area (Å²) >= 11 is 3.25. The molecule has 0 radical (unpaired) electrons. The van der Waals surface area contributed by atoms with Crippen molar-refractivity contribution in [3.63, 3.8) is 0 Å². The van der Waals surface area contributed by atoms with E-state index in [0.29, 0.717) is 5.56 Å². The van der Waals surface area contributed by atoms with Crippen LogP contribution in [0.15, 0.2) is 29.0 Å². The summed E-state index contributed by atoms with van der Waals surface area (Å²) in [4.78, 5) is 13.1. The summed E-state index contributed by atoms with van der Waals surface area (Å²) in [6.45, 7) is 1.66. The van der Waals surface area contributed by atoms with E-state index in [1.807, 2.05) is 0 Å². The Labute approximate surface area is 108 Å². The van der Waals surface area contributed by atoms with Gasteiger partial charge in [-0.3, -0.25) is 0 Å². The summed E-state index contributed by atoms with van der Waals surface area (Å²) in [5.74, 6) is -0.855. The Morgan fingerprint density at radius 3 is 2.88 bits per heavy atom. The van der Waals surface area contributed by atoms with Crippen molar-refractivity contribution in [3.8, 4) is 0 Å². The van der Waals surface area contributed by atoms with Crippen LogP contribution in [0.2, 0.25) is 0 Å². The Bertz CT molecular complexity index is 476. The maximum atomic E-state index is 10.7. The van der Waals surface area contributed by atoms with Crippen LogP contribution in [0.4, 0.5) is 0 Å². The molecule has 5 heteroatoms. The van der Waals surface area contributed by atoms with Crippen molar-refractivity contribution in [3.05, 3.63) is 44.3 Å². The molecule has 0 aliphatic heterocycles. The van der Waals surface area contributed by atoms with E-state index in [4.69, 9.17) is 5.11 Å². The van der Waals surface area contributed by atoms with Gasteiger partial charge in [0.05, 0.1) is 5.56 Å². The van der Waals surface area contributed by atoms with E-state index in [9.17, 15) is 4.79 Å². The first-order valence-electron chi connectivity index (χ1n) is 5.29. The minimum Gasteiger partial charge on any atom is -0.478 e. The lowest BCUT2D eigenvalue weighted by Crippen LogP contribution is -2.15. The molecule has 0 fully saturated rings. The molecule has 0 spiro atoms. The first kappa shape index (κ1) is 12.3. The van der Waals surface area contributed by atoms with Crippen LogP contribution < -0.4 is 5.32 Å². The molecule has 2 rings (SSSR count). The summed E-state index contributed by atoms with van der Waals surface area (Å²) in [6.07, 6.45) is 1.02. The third-order valence-corrected chi connectivity index (χ3v) is 4.20. The number of rotatable bonds is 6. The van der Waals surface area contributed by atoms with E-state index in [0.717, 1.165) is 24.4 Å². The average molecular weight is 267 g/mol. The molecule has 0 amide bonds. The lowest BCUT2D eigenvalue weighted by molar-refractivity contribution is 0.0697. The van der Waals surface area contributed by atoms with Gasteiger partial charge in [0.2, 0.25) is 0 Å². The Morgan fingerprint density at radius 2 is 2.24 bits per heavy atom. The summed E-state index contributed by atoms with van der Waals surface area (Å²) in [7, 11) is 0. The highest BCUT2D eigenvalue weighted by Crippen LogP contribution is 2.14. The number of carboxylic acid groups (broad SMARTS) is 1. The Balaban J connectivity index is 1.72. The number of hydrogen-bond donors (Lipinski definition) is 2. The number of hydrogen-bond acceptors (Lipinski definition) is 4. The highest BCUT2D eigenvalue weighted by atomic mass is 32.1. The monoisotopic (exact) mass is 267 g/mol. The first-order valence-corrected chi connectivity index (χ1v) is 7.05. The summed E-state index contributed by atoms with van der Waals surface area (Å²) in [5, 5.41) is 15.9. The van der Waals surface area contributed by atoms with Crippen LogP contribution in [-0.4, -0.2) is 17.6 Å². The molecular weight excluding hydrogens is 254 g/mol. The van der Waals surface area contributed by atoms with Gasteiger partial charge in [-0.15, -0.1) is 22.7 Å². The van der Waals surface area contributed by atoms with Crippen LogP contribution in [0.25, 0.3) is 0 Å². The predicted molar refractivity (Wildman–Crippen MR) is 71.0 cm³/mol. The molecule has 17 heavy (non-hydrogen) atoms. The molecule has 0 saturated carbocycles. The molecule has 90 valence electrons. The third-order valence-electron chi connectivity index (χ3n) is 2.33. The molecule has 3 nitrogen and oxygen atoms in total. The molecule has 0 bridgehead atoms. The summed E-state index contributed by atoms with van der Waals surface area (Å²) in [5.41, 5.74) is 0.380. The SMILES string of the molecule is O=C(O)c1csc(CNCCc2cccs2)c1. The lowest BCUT2D eigenvalue weighted by atomic mass is 10.3. The molecule has 0 aliphatic rings. The smallest absolute Gasteiger partial charge is 0.336 e. The maximum Gasteiger partial charge on any atom is 0.336 e.